The van der Waals surface area contributed by atoms with Gasteiger partial charge in [-0.05, 0) is 24.3 Å². The third kappa shape index (κ3) is 2.41. The highest BCUT2D eigenvalue weighted by Gasteiger charge is 2.11. The summed E-state index contributed by atoms with van der Waals surface area (Å²) in [5.74, 6) is 1.44. The fourth-order valence-corrected chi connectivity index (χ4v) is 2.51. The summed E-state index contributed by atoms with van der Waals surface area (Å²) in [7, 11) is 1.62. The van der Waals surface area contributed by atoms with Crippen LogP contribution in [0.25, 0.3) is 22.1 Å². The fourth-order valence-electron chi connectivity index (χ4n) is 2.51. The van der Waals surface area contributed by atoms with Crippen molar-refractivity contribution < 1.29 is 4.74 Å². The van der Waals surface area contributed by atoms with Crippen LogP contribution in [0.3, 0.4) is 0 Å². The highest BCUT2D eigenvalue weighted by molar-refractivity contribution is 5.94. The Morgan fingerprint density at radius 1 is 1.04 bits per heavy atom. The van der Waals surface area contributed by atoms with Crippen molar-refractivity contribution in [1.82, 2.24) is 19.9 Å². The molecule has 0 aliphatic heterocycles. The van der Waals surface area contributed by atoms with Crippen LogP contribution in [0.1, 0.15) is 0 Å². The number of methoxy groups -OCH3 is 1. The van der Waals surface area contributed by atoms with Crippen LogP contribution in [0.15, 0.2) is 48.8 Å². The third-order valence-electron chi connectivity index (χ3n) is 3.63. The van der Waals surface area contributed by atoms with E-state index >= 15 is 0 Å². The van der Waals surface area contributed by atoms with Crippen molar-refractivity contribution >= 4 is 39.4 Å². The summed E-state index contributed by atoms with van der Waals surface area (Å²) < 4.78 is 5.35. The zero-order chi connectivity index (χ0) is 16.5. The van der Waals surface area contributed by atoms with Crippen molar-refractivity contribution in [2.45, 2.75) is 0 Å². The molecule has 4 aromatic rings. The molecular formula is C17H14N6O. The zero-order valence-corrected chi connectivity index (χ0v) is 12.9. The second-order valence-electron chi connectivity index (χ2n) is 5.18. The maximum absolute atomic E-state index is 6.03. The van der Waals surface area contributed by atoms with Crippen LogP contribution in [0, 0.1) is 0 Å². The Balaban J connectivity index is 1.86. The Morgan fingerprint density at radius 3 is 2.75 bits per heavy atom. The molecule has 24 heavy (non-hydrogen) atoms. The van der Waals surface area contributed by atoms with E-state index in [4.69, 9.17) is 10.5 Å². The summed E-state index contributed by atoms with van der Waals surface area (Å²) >= 11 is 0. The number of nitrogens with one attached hydrogen (secondary N) is 1. The monoisotopic (exact) mass is 318 g/mol. The molecule has 0 aliphatic rings. The van der Waals surface area contributed by atoms with Gasteiger partial charge in [-0.1, -0.05) is 6.07 Å². The van der Waals surface area contributed by atoms with Crippen molar-refractivity contribution in [2.75, 3.05) is 18.2 Å². The molecule has 1 aromatic carbocycles. The molecule has 7 heteroatoms. The molecule has 0 bridgehead atoms. The van der Waals surface area contributed by atoms with E-state index in [1.165, 1.54) is 0 Å². The number of ether oxygens (including phenoxy) is 1. The van der Waals surface area contributed by atoms with Crippen molar-refractivity contribution in [1.29, 1.82) is 0 Å². The largest absolute Gasteiger partial charge is 0.497 e. The Labute approximate surface area is 137 Å². The molecule has 7 nitrogen and oxygen atoms in total. The third-order valence-corrected chi connectivity index (χ3v) is 3.63. The first-order chi connectivity index (χ1) is 11.7. The van der Waals surface area contributed by atoms with Gasteiger partial charge in [0.25, 0.3) is 0 Å². The van der Waals surface area contributed by atoms with E-state index in [-0.39, 0.29) is 0 Å². The minimum absolute atomic E-state index is 0.294. The molecule has 0 saturated heterocycles. The normalized spacial score (nSPS) is 10.9. The number of pyridine rings is 2. The van der Waals surface area contributed by atoms with Crippen LogP contribution in [0.2, 0.25) is 0 Å². The number of hydrogen-bond donors (Lipinski definition) is 2. The van der Waals surface area contributed by atoms with Gasteiger partial charge in [0.1, 0.15) is 11.3 Å². The number of anilines is 3. The number of fused-ring (bicyclic) bond motifs is 2. The van der Waals surface area contributed by atoms with Crippen LogP contribution >= 0.6 is 0 Å². The van der Waals surface area contributed by atoms with E-state index in [0.717, 1.165) is 16.6 Å². The van der Waals surface area contributed by atoms with E-state index in [9.17, 15) is 0 Å². The number of nitrogens with two attached hydrogens (primary N) is 1. The molecule has 3 heterocycles. The summed E-state index contributed by atoms with van der Waals surface area (Å²) in [6, 6.07) is 11.2. The molecule has 3 N–H and O–H groups in total. The van der Waals surface area contributed by atoms with Gasteiger partial charge in [0.05, 0.1) is 18.3 Å². The quantitative estimate of drug-likeness (QED) is 0.599. The molecule has 0 unspecified atom stereocenters. The second kappa shape index (κ2) is 5.62. The molecule has 3 aromatic heterocycles. The summed E-state index contributed by atoms with van der Waals surface area (Å²) in [6.45, 7) is 0. The van der Waals surface area contributed by atoms with Gasteiger partial charge in [0.15, 0.2) is 17.3 Å². The molecule has 0 fully saturated rings. The van der Waals surface area contributed by atoms with Crippen molar-refractivity contribution in [3.05, 3.63) is 48.8 Å². The lowest BCUT2D eigenvalue weighted by Crippen LogP contribution is -2.04. The van der Waals surface area contributed by atoms with Crippen molar-refractivity contribution in [3.8, 4) is 5.75 Å². The van der Waals surface area contributed by atoms with E-state index in [0.29, 0.717) is 28.5 Å². The highest BCUT2D eigenvalue weighted by atomic mass is 16.5. The molecule has 0 aliphatic carbocycles. The van der Waals surface area contributed by atoms with E-state index in [1.54, 1.807) is 25.6 Å². The number of hydrogen-bond acceptors (Lipinski definition) is 7. The minimum Gasteiger partial charge on any atom is -0.497 e. The predicted octanol–water partition coefficient (Wildman–Crippen LogP) is 2.91. The molecule has 0 radical (unpaired) electrons. The van der Waals surface area contributed by atoms with Crippen LogP contribution in [0.4, 0.5) is 17.3 Å². The molecule has 0 spiro atoms. The number of aromatic nitrogens is 4. The van der Waals surface area contributed by atoms with Crippen LogP contribution < -0.4 is 15.8 Å². The minimum atomic E-state index is 0.294. The lowest BCUT2D eigenvalue weighted by molar-refractivity contribution is 0.415. The Hall–Kier alpha value is -3.48. The average Bonchev–Trinajstić information content (AvgIpc) is 2.62. The first-order valence-electron chi connectivity index (χ1n) is 7.32. The molecule has 0 atom stereocenters. The molecule has 0 amide bonds. The Bertz CT molecular complexity index is 1050. The van der Waals surface area contributed by atoms with E-state index in [2.05, 4.69) is 25.3 Å². The first kappa shape index (κ1) is 14.1. The molecule has 4 rings (SSSR count). The van der Waals surface area contributed by atoms with Gasteiger partial charge >= 0.3 is 0 Å². The number of nitrogens with zero attached hydrogens (tertiary/aromatic N) is 4. The van der Waals surface area contributed by atoms with Crippen molar-refractivity contribution in [3.63, 3.8) is 0 Å². The average molecular weight is 318 g/mol. The smallest absolute Gasteiger partial charge is 0.180 e. The number of nitrogen functional groups attached to an aromatic ring is 1. The Kier molecular flexibility index (Phi) is 3.31. The lowest BCUT2D eigenvalue weighted by Gasteiger charge is -2.12. The van der Waals surface area contributed by atoms with Crippen LogP contribution in [-0.4, -0.2) is 27.0 Å². The molecule has 118 valence electrons. The summed E-state index contributed by atoms with van der Waals surface area (Å²) in [4.78, 5) is 17.4. The van der Waals surface area contributed by atoms with Gasteiger partial charge in [-0.15, -0.1) is 0 Å². The summed E-state index contributed by atoms with van der Waals surface area (Å²) in [5.41, 5.74) is 8.73. The molecular weight excluding hydrogens is 304 g/mol. The van der Waals surface area contributed by atoms with Crippen molar-refractivity contribution in [2.24, 2.45) is 0 Å². The zero-order valence-electron chi connectivity index (χ0n) is 12.9. The number of benzene rings is 1. The maximum Gasteiger partial charge on any atom is 0.180 e. The SMILES string of the molecule is COc1cc(Nc2nc3ncccc3nc2N)c2ncccc2c1. The predicted molar refractivity (Wildman–Crippen MR) is 93.3 cm³/mol. The van der Waals surface area contributed by atoms with Gasteiger partial charge in [-0.3, -0.25) is 4.98 Å². The second-order valence-corrected chi connectivity index (χ2v) is 5.18. The first-order valence-corrected chi connectivity index (χ1v) is 7.32. The highest BCUT2D eigenvalue weighted by Crippen LogP contribution is 2.31. The van der Waals surface area contributed by atoms with E-state index in [1.807, 2.05) is 30.3 Å². The van der Waals surface area contributed by atoms with Gasteiger partial charge in [-0.25, -0.2) is 15.0 Å². The van der Waals surface area contributed by atoms with Gasteiger partial charge < -0.3 is 15.8 Å². The summed E-state index contributed by atoms with van der Waals surface area (Å²) in [6.07, 6.45) is 3.40. The van der Waals surface area contributed by atoms with Gasteiger partial charge in [0.2, 0.25) is 0 Å². The summed E-state index contributed by atoms with van der Waals surface area (Å²) in [5, 5.41) is 4.15. The standard InChI is InChI=1S/C17H14N6O/c1-24-11-8-10-4-2-6-19-14(10)13(9-11)22-17-15(18)21-12-5-3-7-20-16(12)23-17/h2-9H,1H3,(H2,18,21)(H,20,22,23). The Morgan fingerprint density at radius 2 is 1.88 bits per heavy atom. The maximum atomic E-state index is 6.03. The van der Waals surface area contributed by atoms with E-state index < -0.39 is 0 Å². The fraction of sp³-hybridized carbons (Fsp3) is 0.0588. The lowest BCUT2D eigenvalue weighted by atomic mass is 10.1. The number of rotatable bonds is 3. The van der Waals surface area contributed by atoms with Gasteiger partial charge in [-0.2, -0.15) is 0 Å². The van der Waals surface area contributed by atoms with Gasteiger partial charge in [0, 0.05) is 23.8 Å². The molecule has 0 saturated carbocycles. The van der Waals surface area contributed by atoms with Crippen LogP contribution in [-0.2, 0) is 0 Å². The van der Waals surface area contributed by atoms with Crippen LogP contribution in [0.5, 0.6) is 5.75 Å². The topological polar surface area (TPSA) is 98.8 Å².